The van der Waals surface area contributed by atoms with E-state index in [-0.39, 0.29) is 0 Å². The molecular formula is C18H32N2OS. The molecule has 126 valence electrons. The molecule has 1 aromatic rings. The Labute approximate surface area is 140 Å². The van der Waals surface area contributed by atoms with E-state index in [1.807, 2.05) is 0 Å². The van der Waals surface area contributed by atoms with Crippen molar-refractivity contribution in [2.24, 2.45) is 5.92 Å². The minimum atomic E-state index is 0.783. The Hall–Kier alpha value is -0.610. The average molecular weight is 325 g/mol. The summed E-state index contributed by atoms with van der Waals surface area (Å²) in [6.45, 7) is 11.0. The molecule has 0 spiro atoms. The van der Waals surface area contributed by atoms with Gasteiger partial charge in [0.05, 0.1) is 12.3 Å². The predicted octanol–water partition coefficient (Wildman–Crippen LogP) is 4.90. The van der Waals surface area contributed by atoms with Gasteiger partial charge >= 0.3 is 0 Å². The molecule has 4 heteroatoms. The molecule has 22 heavy (non-hydrogen) atoms. The van der Waals surface area contributed by atoms with E-state index in [9.17, 15) is 0 Å². The molecule has 1 aromatic heterocycles. The van der Waals surface area contributed by atoms with Crippen molar-refractivity contribution in [1.82, 2.24) is 9.88 Å². The van der Waals surface area contributed by atoms with E-state index < -0.39 is 0 Å². The number of ether oxygens (including phenoxy) is 1. The van der Waals surface area contributed by atoms with Gasteiger partial charge in [0.25, 0.3) is 5.19 Å². The van der Waals surface area contributed by atoms with Crippen molar-refractivity contribution >= 4 is 11.3 Å². The fraction of sp³-hybridized carbons (Fsp3) is 0.833. The van der Waals surface area contributed by atoms with Crippen LogP contribution in [0.4, 0.5) is 0 Å². The van der Waals surface area contributed by atoms with Crippen molar-refractivity contribution in [1.29, 1.82) is 0 Å². The van der Waals surface area contributed by atoms with Crippen LogP contribution < -0.4 is 4.74 Å². The number of unbranched alkanes of at least 4 members (excludes halogenated alkanes) is 2. The van der Waals surface area contributed by atoms with Crippen LogP contribution in [0.15, 0.2) is 0 Å². The van der Waals surface area contributed by atoms with Crippen molar-refractivity contribution in [3.8, 4) is 5.19 Å². The molecule has 3 nitrogen and oxygen atoms in total. The van der Waals surface area contributed by atoms with E-state index in [1.54, 1.807) is 11.3 Å². The second kappa shape index (κ2) is 9.51. The second-order valence-electron chi connectivity index (χ2n) is 6.61. The molecule has 0 N–H and O–H groups in total. The molecule has 0 fully saturated rings. The Kier molecular flexibility index (Phi) is 7.67. The number of hydrogen-bond acceptors (Lipinski definition) is 4. The number of hydrogen-bond donors (Lipinski definition) is 0. The van der Waals surface area contributed by atoms with Gasteiger partial charge in [-0.1, -0.05) is 57.8 Å². The molecule has 0 bridgehead atoms. The quantitative estimate of drug-likeness (QED) is 0.573. The molecule has 0 saturated heterocycles. The zero-order valence-corrected chi connectivity index (χ0v) is 15.4. The third-order valence-electron chi connectivity index (χ3n) is 4.46. The van der Waals surface area contributed by atoms with Crippen molar-refractivity contribution < 1.29 is 4.74 Å². The van der Waals surface area contributed by atoms with Gasteiger partial charge in [0, 0.05) is 18.0 Å². The molecule has 1 aliphatic heterocycles. The standard InChI is InChI=1S/C18H32N2OS/c1-4-6-7-8-15(3)9-11-20-12-10-17-16(14-20)19-18(22-17)21-13-5-2/h15H,4-14H2,1-3H3/t15-/m1/s1. The summed E-state index contributed by atoms with van der Waals surface area (Å²) in [4.78, 5) is 8.70. The number of aromatic nitrogens is 1. The van der Waals surface area contributed by atoms with E-state index >= 15 is 0 Å². The molecule has 2 rings (SSSR count). The molecule has 0 aromatic carbocycles. The molecular weight excluding hydrogens is 292 g/mol. The highest BCUT2D eigenvalue weighted by molar-refractivity contribution is 7.13. The van der Waals surface area contributed by atoms with Crippen molar-refractivity contribution in [2.75, 3.05) is 19.7 Å². The minimum absolute atomic E-state index is 0.783. The monoisotopic (exact) mass is 324 g/mol. The lowest BCUT2D eigenvalue weighted by molar-refractivity contribution is 0.230. The van der Waals surface area contributed by atoms with Crippen LogP contribution in [-0.4, -0.2) is 29.6 Å². The first-order valence-corrected chi connectivity index (χ1v) is 9.88. The lowest BCUT2D eigenvalue weighted by Crippen LogP contribution is -2.31. The smallest absolute Gasteiger partial charge is 0.273 e. The molecule has 2 heterocycles. The van der Waals surface area contributed by atoms with Gasteiger partial charge in [-0.15, -0.1) is 0 Å². The van der Waals surface area contributed by atoms with E-state index in [2.05, 4.69) is 30.7 Å². The van der Waals surface area contributed by atoms with Crippen LogP contribution >= 0.6 is 11.3 Å². The maximum Gasteiger partial charge on any atom is 0.273 e. The van der Waals surface area contributed by atoms with Crippen LogP contribution in [0, 0.1) is 5.92 Å². The van der Waals surface area contributed by atoms with Gasteiger partial charge in [-0.2, -0.15) is 0 Å². The van der Waals surface area contributed by atoms with E-state index in [1.165, 1.54) is 55.8 Å². The zero-order valence-electron chi connectivity index (χ0n) is 14.6. The summed E-state index contributed by atoms with van der Waals surface area (Å²) in [5.74, 6) is 0.854. The first-order chi connectivity index (χ1) is 10.7. The number of fused-ring (bicyclic) bond motifs is 1. The molecule has 0 radical (unpaired) electrons. The second-order valence-corrected chi connectivity index (χ2v) is 7.66. The Morgan fingerprint density at radius 1 is 1.23 bits per heavy atom. The van der Waals surface area contributed by atoms with Gasteiger partial charge in [-0.3, -0.25) is 4.90 Å². The summed E-state index contributed by atoms with van der Waals surface area (Å²) in [5, 5.41) is 0.877. The Morgan fingerprint density at radius 2 is 2.09 bits per heavy atom. The summed E-state index contributed by atoms with van der Waals surface area (Å²) >= 11 is 1.76. The van der Waals surface area contributed by atoms with Gasteiger partial charge in [0.2, 0.25) is 0 Å². The molecule has 0 saturated carbocycles. The topological polar surface area (TPSA) is 25.4 Å². The van der Waals surface area contributed by atoms with Gasteiger partial charge in [0.15, 0.2) is 0 Å². The molecule has 0 amide bonds. The van der Waals surface area contributed by atoms with Crippen molar-refractivity contribution in [3.63, 3.8) is 0 Å². The maximum atomic E-state index is 5.69. The third kappa shape index (κ3) is 5.54. The van der Waals surface area contributed by atoms with Crippen LogP contribution in [0.25, 0.3) is 0 Å². The van der Waals surface area contributed by atoms with Crippen LogP contribution in [-0.2, 0) is 13.0 Å². The highest BCUT2D eigenvalue weighted by atomic mass is 32.1. The molecule has 0 unspecified atom stereocenters. The zero-order chi connectivity index (χ0) is 15.8. The fourth-order valence-electron chi connectivity index (χ4n) is 2.96. The van der Waals surface area contributed by atoms with Crippen molar-refractivity contribution in [3.05, 3.63) is 10.6 Å². The average Bonchev–Trinajstić information content (AvgIpc) is 2.93. The number of thiazole rings is 1. The maximum absolute atomic E-state index is 5.69. The first-order valence-electron chi connectivity index (χ1n) is 9.06. The molecule has 0 aliphatic carbocycles. The van der Waals surface area contributed by atoms with Gasteiger partial charge in [0.1, 0.15) is 0 Å². The largest absolute Gasteiger partial charge is 0.470 e. The lowest BCUT2D eigenvalue weighted by atomic mass is 9.99. The normalized spacial score (nSPS) is 16.5. The van der Waals surface area contributed by atoms with E-state index in [4.69, 9.17) is 4.74 Å². The van der Waals surface area contributed by atoms with Crippen LogP contribution in [0.3, 0.4) is 0 Å². The van der Waals surface area contributed by atoms with Crippen LogP contribution in [0.5, 0.6) is 5.19 Å². The highest BCUT2D eigenvalue weighted by Crippen LogP contribution is 2.30. The van der Waals surface area contributed by atoms with E-state index in [0.717, 1.165) is 37.1 Å². The van der Waals surface area contributed by atoms with Crippen molar-refractivity contribution in [2.45, 2.75) is 72.3 Å². The van der Waals surface area contributed by atoms with Gasteiger partial charge in [-0.05, 0) is 31.7 Å². The summed E-state index contributed by atoms with van der Waals surface area (Å²) in [6.07, 6.45) is 9.01. The minimum Gasteiger partial charge on any atom is -0.470 e. The highest BCUT2D eigenvalue weighted by Gasteiger charge is 2.21. The summed E-state index contributed by atoms with van der Waals surface area (Å²) in [5.41, 5.74) is 1.26. The summed E-state index contributed by atoms with van der Waals surface area (Å²) in [7, 11) is 0. The van der Waals surface area contributed by atoms with Crippen LogP contribution in [0.2, 0.25) is 0 Å². The Bertz CT molecular complexity index is 433. The lowest BCUT2D eigenvalue weighted by Gasteiger charge is -2.26. The summed E-state index contributed by atoms with van der Waals surface area (Å²) < 4.78 is 5.69. The Morgan fingerprint density at radius 3 is 2.86 bits per heavy atom. The number of rotatable bonds is 10. The molecule has 1 atom stereocenters. The van der Waals surface area contributed by atoms with Crippen LogP contribution in [0.1, 0.15) is 69.9 Å². The van der Waals surface area contributed by atoms with Gasteiger partial charge in [-0.25, -0.2) is 4.98 Å². The van der Waals surface area contributed by atoms with Gasteiger partial charge < -0.3 is 4.74 Å². The SMILES string of the molecule is CCCCC[C@@H](C)CCN1CCc2sc(OCCC)nc2C1. The van der Waals surface area contributed by atoms with E-state index in [0.29, 0.717) is 0 Å². The molecule has 1 aliphatic rings. The third-order valence-corrected chi connectivity index (χ3v) is 5.53. The fourth-order valence-corrected chi connectivity index (χ4v) is 3.89. The number of nitrogens with zero attached hydrogens (tertiary/aromatic N) is 2. The first kappa shape index (κ1) is 17.7. The predicted molar refractivity (Wildman–Crippen MR) is 94.8 cm³/mol. The summed E-state index contributed by atoms with van der Waals surface area (Å²) in [6, 6.07) is 0. The Balaban J connectivity index is 1.73.